The lowest BCUT2D eigenvalue weighted by molar-refractivity contribution is -0.299. The number of hydrogen-bond acceptors (Lipinski definition) is 6. The summed E-state index contributed by atoms with van der Waals surface area (Å²) in [6.45, 7) is 1.99. The topological polar surface area (TPSA) is 114 Å². The number of nitrogens with zero attached hydrogens (tertiary/aromatic N) is 3. The Kier molecular flexibility index (Phi) is 4.57. The molecule has 2 heterocycles. The molecule has 2 aliphatic heterocycles. The fourth-order valence-electron chi connectivity index (χ4n) is 5.47. The zero-order valence-electron chi connectivity index (χ0n) is 16.7. The van der Waals surface area contributed by atoms with E-state index in [1.165, 1.54) is 12.1 Å². The van der Waals surface area contributed by atoms with Gasteiger partial charge in [0, 0.05) is 6.42 Å². The summed E-state index contributed by atoms with van der Waals surface area (Å²) >= 11 is 0. The predicted octanol–water partition coefficient (Wildman–Crippen LogP) is 4.85. The molecule has 0 spiro atoms. The van der Waals surface area contributed by atoms with E-state index in [1.807, 2.05) is 25.1 Å². The van der Waals surface area contributed by atoms with Crippen LogP contribution in [0.5, 0.6) is 0 Å². The molecule has 9 heteroatoms. The van der Waals surface area contributed by atoms with Crippen molar-refractivity contribution in [3.05, 3.63) is 35.4 Å². The van der Waals surface area contributed by atoms with Crippen LogP contribution in [-0.2, 0) is 15.7 Å². The van der Waals surface area contributed by atoms with E-state index in [0.717, 1.165) is 18.6 Å². The molecule has 0 amide bonds. The Bertz CT molecular complexity index is 1050. The Morgan fingerprint density at radius 3 is 2.48 bits per heavy atom. The quantitative estimate of drug-likeness (QED) is 0.723. The highest BCUT2D eigenvalue weighted by atomic mass is 19.4. The zero-order valence-corrected chi connectivity index (χ0v) is 16.7. The van der Waals surface area contributed by atoms with Gasteiger partial charge in [-0.15, -0.1) is 0 Å². The number of nitriles is 3. The molecule has 2 bridgehead atoms. The van der Waals surface area contributed by atoms with Gasteiger partial charge in [0.25, 0.3) is 0 Å². The van der Waals surface area contributed by atoms with Crippen molar-refractivity contribution < 1.29 is 22.6 Å². The Morgan fingerprint density at radius 2 is 1.90 bits per heavy atom. The van der Waals surface area contributed by atoms with Crippen molar-refractivity contribution >= 4 is 5.90 Å². The van der Waals surface area contributed by atoms with Crippen LogP contribution in [-0.4, -0.2) is 11.7 Å². The number of rotatable bonds is 2. The van der Waals surface area contributed by atoms with Crippen molar-refractivity contribution in [1.29, 1.82) is 21.2 Å². The largest absolute Gasteiger partial charge is 0.447 e. The van der Waals surface area contributed by atoms with Crippen LogP contribution in [0.4, 0.5) is 13.2 Å². The molecule has 1 aliphatic carbocycles. The van der Waals surface area contributed by atoms with Crippen LogP contribution < -0.4 is 0 Å². The molecule has 1 saturated carbocycles. The average molecular weight is 428 g/mol. The molecule has 2 saturated heterocycles. The molecular formula is C22H19F3N4O2. The first-order valence-corrected chi connectivity index (χ1v) is 10.0. The minimum absolute atomic E-state index is 0.0497. The van der Waals surface area contributed by atoms with Crippen LogP contribution in [0.3, 0.4) is 0 Å². The van der Waals surface area contributed by atoms with E-state index in [4.69, 9.17) is 14.9 Å². The summed E-state index contributed by atoms with van der Waals surface area (Å²) in [4.78, 5) is 0. The third kappa shape index (κ3) is 2.55. The first kappa shape index (κ1) is 21.2. The Labute approximate surface area is 177 Å². The van der Waals surface area contributed by atoms with Crippen LogP contribution >= 0.6 is 0 Å². The number of benzene rings is 1. The van der Waals surface area contributed by atoms with Gasteiger partial charge in [-0.05, 0) is 36.5 Å². The van der Waals surface area contributed by atoms with Gasteiger partial charge >= 0.3 is 6.18 Å². The highest BCUT2D eigenvalue weighted by Crippen LogP contribution is 2.70. The van der Waals surface area contributed by atoms with Gasteiger partial charge in [-0.1, -0.05) is 25.5 Å². The third-order valence-electron chi connectivity index (χ3n) is 7.11. The van der Waals surface area contributed by atoms with Gasteiger partial charge in [-0.25, -0.2) is 0 Å². The van der Waals surface area contributed by atoms with Gasteiger partial charge in [0.2, 0.25) is 17.1 Å². The first-order valence-electron chi connectivity index (χ1n) is 10.0. The van der Waals surface area contributed by atoms with Gasteiger partial charge in [0.1, 0.15) is 6.10 Å². The van der Waals surface area contributed by atoms with Crippen molar-refractivity contribution in [2.75, 3.05) is 0 Å². The molecule has 31 heavy (non-hydrogen) atoms. The number of nitrogens with one attached hydrogen (secondary N) is 1. The van der Waals surface area contributed by atoms with Gasteiger partial charge in [0.05, 0.1) is 29.7 Å². The monoisotopic (exact) mass is 428 g/mol. The fraction of sp³-hybridized carbons (Fsp3) is 0.545. The molecule has 160 valence electrons. The summed E-state index contributed by atoms with van der Waals surface area (Å²) in [5.74, 6) is -2.48. The van der Waals surface area contributed by atoms with Crippen molar-refractivity contribution in [1.82, 2.24) is 0 Å². The van der Waals surface area contributed by atoms with Gasteiger partial charge < -0.3 is 9.47 Å². The lowest BCUT2D eigenvalue weighted by atomic mass is 9.50. The van der Waals surface area contributed by atoms with E-state index in [0.29, 0.717) is 19.3 Å². The van der Waals surface area contributed by atoms with Crippen LogP contribution in [0, 0.1) is 62.1 Å². The minimum Gasteiger partial charge on any atom is -0.447 e. The van der Waals surface area contributed by atoms with Crippen LogP contribution in [0.1, 0.15) is 49.8 Å². The van der Waals surface area contributed by atoms with E-state index in [2.05, 4.69) is 0 Å². The van der Waals surface area contributed by atoms with Crippen LogP contribution in [0.2, 0.25) is 0 Å². The molecule has 3 aliphatic rings. The molecule has 1 aromatic carbocycles. The molecule has 0 radical (unpaired) electrons. The normalized spacial score (nSPS) is 35.8. The molecular weight excluding hydrogens is 409 g/mol. The molecule has 5 unspecified atom stereocenters. The summed E-state index contributed by atoms with van der Waals surface area (Å²) < 4.78 is 52.0. The van der Waals surface area contributed by atoms with Crippen molar-refractivity contribution in [2.45, 2.75) is 50.7 Å². The van der Waals surface area contributed by atoms with Crippen molar-refractivity contribution in [3.63, 3.8) is 0 Å². The highest BCUT2D eigenvalue weighted by molar-refractivity contribution is 5.89. The van der Waals surface area contributed by atoms with E-state index >= 15 is 0 Å². The molecule has 3 fully saturated rings. The van der Waals surface area contributed by atoms with E-state index in [9.17, 15) is 29.0 Å². The Morgan fingerprint density at radius 1 is 1.19 bits per heavy atom. The van der Waals surface area contributed by atoms with E-state index in [1.54, 1.807) is 0 Å². The minimum atomic E-state index is -4.64. The predicted molar refractivity (Wildman–Crippen MR) is 99.6 cm³/mol. The summed E-state index contributed by atoms with van der Waals surface area (Å²) in [5.41, 5.74) is -5.20. The second kappa shape index (κ2) is 6.70. The SMILES string of the molecule is CCC1CCC23OC(=N)C(C#N)(C2C1)C(C#N)(C#N)C(c1cccc(C(F)(F)F)c1)O3. The van der Waals surface area contributed by atoms with Gasteiger partial charge in [-0.2, -0.15) is 29.0 Å². The zero-order chi connectivity index (χ0) is 22.7. The van der Waals surface area contributed by atoms with E-state index < -0.39 is 46.3 Å². The first-order chi connectivity index (χ1) is 14.6. The maximum Gasteiger partial charge on any atom is 0.416 e. The lowest BCUT2D eigenvalue weighted by Gasteiger charge is -2.52. The fourth-order valence-corrected chi connectivity index (χ4v) is 5.47. The number of alkyl halides is 3. The molecule has 1 N–H and O–H groups in total. The van der Waals surface area contributed by atoms with E-state index in [-0.39, 0.29) is 11.5 Å². The maximum absolute atomic E-state index is 13.3. The molecule has 5 atom stereocenters. The number of ether oxygens (including phenoxy) is 2. The second-order valence-electron chi connectivity index (χ2n) is 8.42. The molecule has 4 rings (SSSR count). The third-order valence-corrected chi connectivity index (χ3v) is 7.11. The van der Waals surface area contributed by atoms with Crippen LogP contribution in [0.15, 0.2) is 24.3 Å². The summed E-state index contributed by atoms with van der Waals surface area (Å²) in [7, 11) is 0. The average Bonchev–Trinajstić information content (AvgIpc) is 2.96. The highest BCUT2D eigenvalue weighted by Gasteiger charge is 2.80. The molecule has 6 nitrogen and oxygen atoms in total. The number of hydrogen-bond donors (Lipinski definition) is 1. The van der Waals surface area contributed by atoms with Gasteiger partial charge in [-0.3, -0.25) is 5.41 Å². The Balaban J connectivity index is 1.95. The maximum atomic E-state index is 13.3. The summed E-state index contributed by atoms with van der Waals surface area (Å²) in [6.07, 6.45) is -3.88. The number of halogens is 3. The molecule has 1 aromatic rings. The van der Waals surface area contributed by atoms with Crippen molar-refractivity contribution in [3.8, 4) is 18.2 Å². The summed E-state index contributed by atoms with van der Waals surface area (Å²) in [6, 6.07) is 10.0. The second-order valence-corrected chi connectivity index (χ2v) is 8.42. The van der Waals surface area contributed by atoms with Crippen molar-refractivity contribution in [2.24, 2.45) is 22.7 Å². The molecule has 0 aromatic heterocycles. The van der Waals surface area contributed by atoms with Crippen LogP contribution in [0.25, 0.3) is 0 Å². The summed E-state index contributed by atoms with van der Waals surface area (Å²) in [5, 5.41) is 39.1. The van der Waals surface area contributed by atoms with Gasteiger partial charge in [0.15, 0.2) is 5.41 Å². The lowest BCUT2D eigenvalue weighted by Crippen LogP contribution is -2.61. The standard InChI is InChI=1S/C22H19F3N4O2/c1-2-13-6-7-21-16(8-13)20(12-28,18(29)31-21)19(10-26,11-27)17(30-21)14-4-3-5-15(9-14)22(23,24)25/h3-5,9,13,16-17,29H,2,6-8H2,1H3. The Hall–Kier alpha value is -3.09. The smallest absolute Gasteiger partial charge is 0.416 e.